The number of hydrogen-bond donors (Lipinski definition) is 2. The Hall–Kier alpha value is -3.69. The molecule has 35 heavy (non-hydrogen) atoms. The van der Waals surface area contributed by atoms with Gasteiger partial charge in [0, 0.05) is 24.8 Å². The molecule has 182 valence electrons. The van der Waals surface area contributed by atoms with Gasteiger partial charge < -0.3 is 15.4 Å². The highest BCUT2D eigenvalue weighted by atomic mass is 32.2. The third-order valence-corrected chi connectivity index (χ3v) is 7.59. The Bertz CT molecular complexity index is 1320. The van der Waals surface area contributed by atoms with Crippen LogP contribution in [-0.2, 0) is 32.6 Å². The third-order valence-electron chi connectivity index (χ3n) is 5.72. The number of sulfonamides is 1. The van der Waals surface area contributed by atoms with Crippen molar-refractivity contribution in [2.75, 3.05) is 17.2 Å². The zero-order valence-electron chi connectivity index (χ0n) is 19.5. The molecule has 0 spiro atoms. The number of amides is 2. The molecule has 0 aliphatic carbocycles. The van der Waals surface area contributed by atoms with Crippen LogP contribution in [0, 0.1) is 0 Å². The van der Waals surface area contributed by atoms with E-state index < -0.39 is 22.0 Å². The minimum atomic E-state index is -3.97. The Kier molecular flexibility index (Phi) is 7.18. The molecule has 0 fully saturated rings. The number of nitrogens with one attached hydrogen (secondary N) is 2. The van der Waals surface area contributed by atoms with Crippen LogP contribution < -0.4 is 15.4 Å². The molecule has 0 bridgehead atoms. The van der Waals surface area contributed by atoms with Gasteiger partial charge in [-0.3, -0.25) is 9.59 Å². The second kappa shape index (κ2) is 10.3. The molecule has 0 saturated heterocycles. The molecule has 2 N–H and O–H groups in total. The highest BCUT2D eigenvalue weighted by Crippen LogP contribution is 2.30. The van der Waals surface area contributed by atoms with Crippen LogP contribution in [0.2, 0.25) is 0 Å². The van der Waals surface area contributed by atoms with E-state index in [1.165, 1.54) is 23.4 Å². The lowest BCUT2D eigenvalue weighted by atomic mass is 9.95. The summed E-state index contributed by atoms with van der Waals surface area (Å²) >= 11 is 0. The topological polar surface area (TPSA) is 105 Å². The highest BCUT2D eigenvalue weighted by Gasteiger charge is 2.39. The van der Waals surface area contributed by atoms with Crippen molar-refractivity contribution in [1.29, 1.82) is 0 Å². The Morgan fingerprint density at radius 1 is 0.914 bits per heavy atom. The van der Waals surface area contributed by atoms with Crippen LogP contribution in [-0.4, -0.2) is 37.2 Å². The van der Waals surface area contributed by atoms with E-state index in [9.17, 15) is 18.0 Å². The van der Waals surface area contributed by atoms with Crippen molar-refractivity contribution in [2.45, 2.75) is 37.8 Å². The number of rotatable bonds is 7. The Morgan fingerprint density at radius 3 is 2.11 bits per heavy atom. The zero-order valence-corrected chi connectivity index (χ0v) is 20.3. The molecule has 1 aliphatic heterocycles. The normalized spacial score (nSPS) is 15.7. The van der Waals surface area contributed by atoms with Crippen molar-refractivity contribution in [3.8, 4) is 5.75 Å². The van der Waals surface area contributed by atoms with Crippen LogP contribution in [0.3, 0.4) is 0 Å². The van der Waals surface area contributed by atoms with Gasteiger partial charge in [0.1, 0.15) is 11.8 Å². The van der Waals surface area contributed by atoms with Gasteiger partial charge in [0.05, 0.1) is 11.5 Å². The highest BCUT2D eigenvalue weighted by molar-refractivity contribution is 7.89. The first-order chi connectivity index (χ1) is 16.8. The molecule has 0 unspecified atom stereocenters. The molecule has 4 rings (SSSR count). The van der Waals surface area contributed by atoms with E-state index in [4.69, 9.17) is 4.74 Å². The van der Waals surface area contributed by atoms with Gasteiger partial charge in [0.2, 0.25) is 21.8 Å². The van der Waals surface area contributed by atoms with Crippen molar-refractivity contribution >= 4 is 33.2 Å². The molecule has 0 aromatic heterocycles. The number of ether oxygens (including phenoxy) is 1. The minimum absolute atomic E-state index is 0.0886. The number of carbonyl (C=O) groups excluding carboxylic acids is 2. The summed E-state index contributed by atoms with van der Waals surface area (Å²) in [6.45, 7) is 3.83. The summed E-state index contributed by atoms with van der Waals surface area (Å²) in [4.78, 5) is 24.7. The number of anilines is 2. The number of carbonyl (C=O) groups is 2. The van der Waals surface area contributed by atoms with E-state index in [-0.39, 0.29) is 23.8 Å². The van der Waals surface area contributed by atoms with Crippen LogP contribution in [0.1, 0.15) is 25.0 Å². The monoisotopic (exact) mass is 493 g/mol. The molecule has 1 atom stereocenters. The average Bonchev–Trinajstić information content (AvgIpc) is 2.84. The molecule has 2 amide bonds. The minimum Gasteiger partial charge on any atom is -0.494 e. The van der Waals surface area contributed by atoms with E-state index in [0.717, 1.165) is 11.1 Å². The van der Waals surface area contributed by atoms with Crippen molar-refractivity contribution in [2.24, 2.45) is 0 Å². The van der Waals surface area contributed by atoms with Crippen LogP contribution in [0.4, 0.5) is 11.4 Å². The summed E-state index contributed by atoms with van der Waals surface area (Å²) in [5.41, 5.74) is 2.90. The van der Waals surface area contributed by atoms with E-state index in [0.29, 0.717) is 23.7 Å². The fourth-order valence-electron chi connectivity index (χ4n) is 4.05. The predicted octanol–water partition coefficient (Wildman–Crippen LogP) is 3.80. The number of benzene rings is 3. The van der Waals surface area contributed by atoms with E-state index in [1.807, 2.05) is 31.2 Å². The van der Waals surface area contributed by atoms with Crippen molar-refractivity contribution in [3.63, 3.8) is 0 Å². The first-order valence-corrected chi connectivity index (χ1v) is 12.7. The number of hydrogen-bond acceptors (Lipinski definition) is 5. The first kappa shape index (κ1) is 24.4. The molecule has 1 aliphatic rings. The maximum Gasteiger partial charge on any atom is 0.244 e. The van der Waals surface area contributed by atoms with Gasteiger partial charge in [-0.25, -0.2) is 8.42 Å². The smallest absolute Gasteiger partial charge is 0.244 e. The Morgan fingerprint density at radius 2 is 1.51 bits per heavy atom. The van der Waals surface area contributed by atoms with Crippen LogP contribution in [0.5, 0.6) is 5.75 Å². The summed E-state index contributed by atoms with van der Waals surface area (Å²) in [5, 5.41) is 5.49. The quantitative estimate of drug-likeness (QED) is 0.521. The van der Waals surface area contributed by atoms with Crippen LogP contribution in [0.25, 0.3) is 0 Å². The van der Waals surface area contributed by atoms with Gasteiger partial charge in [0.25, 0.3) is 0 Å². The summed E-state index contributed by atoms with van der Waals surface area (Å²) in [7, 11) is -3.97. The molecule has 9 heteroatoms. The maximum absolute atomic E-state index is 13.6. The molecule has 3 aromatic rings. The summed E-state index contributed by atoms with van der Waals surface area (Å²) in [6.07, 6.45) is 0.252. The molecule has 3 aromatic carbocycles. The van der Waals surface area contributed by atoms with E-state index >= 15 is 0 Å². The third kappa shape index (κ3) is 5.52. The van der Waals surface area contributed by atoms with Gasteiger partial charge in [-0.05, 0) is 73.0 Å². The zero-order chi connectivity index (χ0) is 25.0. The van der Waals surface area contributed by atoms with Crippen molar-refractivity contribution in [3.05, 3.63) is 83.9 Å². The lowest BCUT2D eigenvalue weighted by Crippen LogP contribution is -2.50. The fourth-order valence-corrected chi connectivity index (χ4v) is 5.62. The van der Waals surface area contributed by atoms with Gasteiger partial charge in [0.15, 0.2) is 0 Å². The second-order valence-electron chi connectivity index (χ2n) is 8.19. The Labute approximate surface area is 205 Å². The second-order valence-corrected chi connectivity index (χ2v) is 10.1. The van der Waals surface area contributed by atoms with E-state index in [1.54, 1.807) is 36.4 Å². The molecule has 0 saturated carbocycles. The largest absolute Gasteiger partial charge is 0.494 e. The standard InChI is InChI=1S/C26H27N3O5S/c1-3-34-23-12-14-24(15-13-23)35(32,33)29-17-20-7-5-4-6-19(20)16-25(29)26(31)28-22-10-8-21(9-11-22)27-18(2)30/h4-15,25H,3,16-17H2,1-2H3,(H,27,30)(H,28,31)/t25-/m0/s1. The van der Waals surface area contributed by atoms with Gasteiger partial charge >= 0.3 is 0 Å². The maximum atomic E-state index is 13.6. The lowest BCUT2D eigenvalue weighted by Gasteiger charge is -2.35. The van der Waals surface area contributed by atoms with Gasteiger partial charge in [-0.1, -0.05) is 24.3 Å². The number of fused-ring (bicyclic) bond motifs is 1. The van der Waals surface area contributed by atoms with Crippen LogP contribution >= 0.6 is 0 Å². The fraction of sp³-hybridized carbons (Fsp3) is 0.231. The van der Waals surface area contributed by atoms with Gasteiger partial charge in [-0.2, -0.15) is 4.31 Å². The molecule has 0 radical (unpaired) electrons. The molecular weight excluding hydrogens is 466 g/mol. The summed E-state index contributed by atoms with van der Waals surface area (Å²) in [6, 6.07) is 19.5. The first-order valence-electron chi connectivity index (χ1n) is 11.3. The SMILES string of the molecule is CCOc1ccc(S(=O)(=O)N2Cc3ccccc3C[C@H]2C(=O)Nc2ccc(NC(C)=O)cc2)cc1. The average molecular weight is 494 g/mol. The number of nitrogens with zero attached hydrogens (tertiary/aromatic N) is 1. The van der Waals surface area contributed by atoms with Crippen molar-refractivity contribution in [1.82, 2.24) is 4.31 Å². The Balaban J connectivity index is 1.62. The summed E-state index contributed by atoms with van der Waals surface area (Å²) < 4.78 is 34.0. The van der Waals surface area contributed by atoms with E-state index in [2.05, 4.69) is 10.6 Å². The molecule has 8 nitrogen and oxygen atoms in total. The molecular formula is C26H27N3O5S. The predicted molar refractivity (Wildman–Crippen MR) is 134 cm³/mol. The van der Waals surface area contributed by atoms with Gasteiger partial charge in [-0.15, -0.1) is 0 Å². The lowest BCUT2D eigenvalue weighted by molar-refractivity contribution is -0.120. The molecule has 1 heterocycles. The van der Waals surface area contributed by atoms with Crippen LogP contribution in [0.15, 0.2) is 77.7 Å². The van der Waals surface area contributed by atoms with Crippen molar-refractivity contribution < 1.29 is 22.7 Å². The summed E-state index contributed by atoms with van der Waals surface area (Å²) in [5.74, 6) is -0.0495.